The molecule has 136 valence electrons. The highest BCUT2D eigenvalue weighted by Gasteiger charge is 2.34. The van der Waals surface area contributed by atoms with E-state index in [0.717, 1.165) is 53.4 Å². The third-order valence-electron chi connectivity index (χ3n) is 5.13. The minimum absolute atomic E-state index is 0.475. The summed E-state index contributed by atoms with van der Waals surface area (Å²) < 4.78 is 2.37. The zero-order valence-corrected chi connectivity index (χ0v) is 16.6. The van der Waals surface area contributed by atoms with Crippen LogP contribution in [0, 0.1) is 5.92 Å². The highest BCUT2D eigenvalue weighted by atomic mass is 35.5. The molecular weight excluding hydrogens is 367 g/mol. The van der Waals surface area contributed by atoms with E-state index in [1.807, 2.05) is 12.1 Å². The zero-order chi connectivity index (χ0) is 18.3. The topological polar surface area (TPSA) is 43.6 Å². The number of hydrogen-bond acceptors (Lipinski definition) is 3. The molecule has 1 unspecified atom stereocenters. The second kappa shape index (κ2) is 7.16. The van der Waals surface area contributed by atoms with Gasteiger partial charge >= 0.3 is 0 Å². The van der Waals surface area contributed by atoms with Crippen molar-refractivity contribution in [3.8, 4) is 11.3 Å². The maximum Gasteiger partial charge on any atom is 0.164 e. The number of aryl methyl sites for hydroxylation is 1. The fourth-order valence-corrected chi connectivity index (χ4v) is 4.28. The summed E-state index contributed by atoms with van der Waals surface area (Å²) in [6.07, 6.45) is 7.41. The predicted octanol–water partition coefficient (Wildman–Crippen LogP) is 6.11. The lowest BCUT2D eigenvalue weighted by Gasteiger charge is -2.20. The summed E-state index contributed by atoms with van der Waals surface area (Å²) in [6.45, 7) is 4.39. The number of imidazole rings is 1. The molecule has 1 saturated carbocycles. The maximum atomic E-state index is 6.44. The minimum atomic E-state index is 0.475. The van der Waals surface area contributed by atoms with E-state index in [2.05, 4.69) is 28.4 Å². The minimum Gasteiger partial charge on any atom is -0.309 e. The van der Waals surface area contributed by atoms with Gasteiger partial charge in [0.1, 0.15) is 23.4 Å². The van der Waals surface area contributed by atoms with E-state index in [9.17, 15) is 0 Å². The average molecular weight is 389 g/mol. The zero-order valence-electron chi connectivity index (χ0n) is 15.0. The van der Waals surface area contributed by atoms with Crippen molar-refractivity contribution in [2.45, 2.75) is 52.0 Å². The van der Waals surface area contributed by atoms with Gasteiger partial charge in [-0.2, -0.15) is 0 Å². The van der Waals surface area contributed by atoms with Gasteiger partial charge in [-0.15, -0.1) is 0 Å². The first kappa shape index (κ1) is 17.7. The van der Waals surface area contributed by atoms with Crippen molar-refractivity contribution in [3.63, 3.8) is 0 Å². The maximum absolute atomic E-state index is 6.44. The van der Waals surface area contributed by atoms with Gasteiger partial charge in [0.15, 0.2) is 5.65 Å². The van der Waals surface area contributed by atoms with Crippen LogP contribution in [0.3, 0.4) is 0 Å². The van der Waals surface area contributed by atoms with E-state index in [1.54, 1.807) is 12.4 Å². The number of halogens is 2. The van der Waals surface area contributed by atoms with Crippen LogP contribution in [0.2, 0.25) is 10.0 Å². The van der Waals surface area contributed by atoms with Crippen LogP contribution in [-0.4, -0.2) is 19.5 Å². The molecule has 0 aliphatic heterocycles. The van der Waals surface area contributed by atoms with Crippen LogP contribution in [0.4, 0.5) is 0 Å². The van der Waals surface area contributed by atoms with Gasteiger partial charge in [0, 0.05) is 23.0 Å². The highest BCUT2D eigenvalue weighted by Crippen LogP contribution is 2.44. The standard InChI is InChI=1S/C20H22Cl2N4/c1-3-5-16(12-6-7-12)26-17(4-2)25-19-18(23-11-24-20(19)26)14-9-8-13(21)10-15(14)22/h8-12,16H,3-7H2,1-2H3. The molecule has 1 fully saturated rings. The number of benzene rings is 1. The predicted molar refractivity (Wildman–Crippen MR) is 107 cm³/mol. The highest BCUT2D eigenvalue weighted by molar-refractivity contribution is 6.36. The Bertz CT molecular complexity index is 946. The largest absolute Gasteiger partial charge is 0.309 e. The average Bonchev–Trinajstić information content (AvgIpc) is 3.40. The first-order chi connectivity index (χ1) is 12.6. The Balaban J connectivity index is 1.92. The van der Waals surface area contributed by atoms with Crippen molar-refractivity contribution in [2.24, 2.45) is 5.92 Å². The molecule has 0 amide bonds. The molecule has 0 radical (unpaired) electrons. The van der Waals surface area contributed by atoms with Crippen LogP contribution in [0.25, 0.3) is 22.4 Å². The second-order valence-electron chi connectivity index (χ2n) is 6.96. The van der Waals surface area contributed by atoms with Gasteiger partial charge < -0.3 is 4.57 Å². The summed E-state index contributed by atoms with van der Waals surface area (Å²) in [5.41, 5.74) is 3.36. The van der Waals surface area contributed by atoms with Crippen LogP contribution >= 0.6 is 23.2 Å². The Morgan fingerprint density at radius 3 is 2.65 bits per heavy atom. The quantitative estimate of drug-likeness (QED) is 0.511. The molecule has 2 heterocycles. The molecule has 0 saturated heterocycles. The molecule has 0 N–H and O–H groups in total. The van der Waals surface area contributed by atoms with Crippen LogP contribution in [0.1, 0.15) is 51.4 Å². The molecule has 1 aliphatic carbocycles. The van der Waals surface area contributed by atoms with Crippen molar-refractivity contribution in [3.05, 3.63) is 40.4 Å². The Kier molecular flexibility index (Phi) is 4.89. The molecule has 0 bridgehead atoms. The molecule has 3 aromatic rings. The van der Waals surface area contributed by atoms with Crippen LogP contribution < -0.4 is 0 Å². The summed E-state index contributed by atoms with van der Waals surface area (Å²) in [4.78, 5) is 14.1. The van der Waals surface area contributed by atoms with Crippen molar-refractivity contribution < 1.29 is 0 Å². The van der Waals surface area contributed by atoms with E-state index in [0.29, 0.717) is 16.1 Å². The lowest BCUT2D eigenvalue weighted by molar-refractivity contribution is 0.407. The SMILES string of the molecule is CCCC(C1CC1)n1c(CC)nc2c(-c3ccc(Cl)cc3Cl)ncnc21. The van der Waals surface area contributed by atoms with E-state index in [1.165, 1.54) is 12.8 Å². The monoisotopic (exact) mass is 388 g/mol. The van der Waals surface area contributed by atoms with Crippen LogP contribution in [0.5, 0.6) is 0 Å². The molecule has 0 spiro atoms. The van der Waals surface area contributed by atoms with Crippen LogP contribution in [-0.2, 0) is 6.42 Å². The van der Waals surface area contributed by atoms with E-state index < -0.39 is 0 Å². The third-order valence-corrected chi connectivity index (χ3v) is 5.68. The van der Waals surface area contributed by atoms with Crippen LogP contribution in [0.15, 0.2) is 24.5 Å². The fourth-order valence-electron chi connectivity index (χ4n) is 3.78. The van der Waals surface area contributed by atoms with E-state index in [4.69, 9.17) is 28.2 Å². The normalized spacial score (nSPS) is 15.5. The van der Waals surface area contributed by atoms with Crippen molar-refractivity contribution in [1.29, 1.82) is 0 Å². The lowest BCUT2D eigenvalue weighted by Crippen LogP contribution is -2.14. The molecule has 1 aromatic carbocycles. The Morgan fingerprint density at radius 2 is 2.00 bits per heavy atom. The summed E-state index contributed by atoms with van der Waals surface area (Å²) in [7, 11) is 0. The number of hydrogen-bond donors (Lipinski definition) is 0. The number of rotatable bonds is 6. The van der Waals surface area contributed by atoms with E-state index >= 15 is 0 Å². The van der Waals surface area contributed by atoms with Crippen molar-refractivity contribution >= 4 is 34.4 Å². The molecule has 1 aliphatic rings. The number of aromatic nitrogens is 4. The van der Waals surface area contributed by atoms with E-state index in [-0.39, 0.29) is 0 Å². The summed E-state index contributed by atoms with van der Waals surface area (Å²) in [5, 5.41) is 1.19. The van der Waals surface area contributed by atoms with Gasteiger partial charge in [0.2, 0.25) is 0 Å². The molecule has 4 rings (SSSR count). The Labute approximate surface area is 163 Å². The molecule has 1 atom stereocenters. The van der Waals surface area contributed by atoms with Crippen molar-refractivity contribution in [2.75, 3.05) is 0 Å². The smallest absolute Gasteiger partial charge is 0.164 e. The van der Waals surface area contributed by atoms with Gasteiger partial charge in [-0.05, 0) is 43.4 Å². The van der Waals surface area contributed by atoms with Gasteiger partial charge in [0.25, 0.3) is 0 Å². The number of nitrogens with zero attached hydrogens (tertiary/aromatic N) is 4. The van der Waals surface area contributed by atoms with Gasteiger partial charge in [-0.25, -0.2) is 15.0 Å². The van der Waals surface area contributed by atoms with Crippen molar-refractivity contribution in [1.82, 2.24) is 19.5 Å². The Hall–Kier alpha value is -1.65. The fraction of sp³-hybridized carbons (Fsp3) is 0.450. The Morgan fingerprint density at radius 1 is 1.19 bits per heavy atom. The summed E-state index contributed by atoms with van der Waals surface area (Å²) >= 11 is 12.5. The first-order valence-electron chi connectivity index (χ1n) is 9.31. The summed E-state index contributed by atoms with van der Waals surface area (Å²) in [6, 6.07) is 5.96. The molecule has 26 heavy (non-hydrogen) atoms. The second-order valence-corrected chi connectivity index (χ2v) is 7.81. The molecule has 2 aromatic heterocycles. The third kappa shape index (κ3) is 3.10. The molecular formula is C20H22Cl2N4. The van der Waals surface area contributed by atoms with Gasteiger partial charge in [-0.3, -0.25) is 0 Å². The lowest BCUT2D eigenvalue weighted by atomic mass is 10.1. The number of fused-ring (bicyclic) bond motifs is 1. The van der Waals surface area contributed by atoms with Gasteiger partial charge in [0.05, 0.1) is 5.02 Å². The van der Waals surface area contributed by atoms with Gasteiger partial charge in [-0.1, -0.05) is 43.5 Å². The molecule has 6 heteroatoms. The summed E-state index contributed by atoms with van der Waals surface area (Å²) in [5.74, 6) is 1.83. The first-order valence-corrected chi connectivity index (χ1v) is 10.1. The molecule has 4 nitrogen and oxygen atoms in total.